The van der Waals surface area contributed by atoms with Crippen LogP contribution in [-0.2, 0) is 17.8 Å². The van der Waals surface area contributed by atoms with Gasteiger partial charge in [-0.05, 0) is 37.5 Å². The van der Waals surface area contributed by atoms with Crippen LogP contribution in [0.2, 0.25) is 0 Å². The number of amides is 1. The zero-order valence-corrected chi connectivity index (χ0v) is 14.6. The molecule has 3 aromatic rings. The van der Waals surface area contributed by atoms with Crippen molar-refractivity contribution in [3.63, 3.8) is 0 Å². The van der Waals surface area contributed by atoms with Crippen molar-refractivity contribution < 1.29 is 4.79 Å². The van der Waals surface area contributed by atoms with Crippen molar-refractivity contribution in [1.29, 1.82) is 0 Å². The van der Waals surface area contributed by atoms with Crippen molar-refractivity contribution in [2.24, 2.45) is 0 Å². The minimum atomic E-state index is -0.583. The van der Waals surface area contributed by atoms with E-state index in [0.717, 1.165) is 17.4 Å². The van der Waals surface area contributed by atoms with Gasteiger partial charge < -0.3 is 10.3 Å². The number of H-pyrrole nitrogens is 1. The van der Waals surface area contributed by atoms with Gasteiger partial charge in [0.2, 0.25) is 5.91 Å². The Balaban J connectivity index is 1.65. The number of para-hydroxylation sites is 1. The third-order valence-corrected chi connectivity index (χ3v) is 4.31. The molecule has 1 heterocycles. The van der Waals surface area contributed by atoms with Crippen LogP contribution in [0, 0.1) is 0 Å². The van der Waals surface area contributed by atoms with Crippen LogP contribution in [0.4, 0.5) is 0 Å². The number of benzene rings is 2. The van der Waals surface area contributed by atoms with Gasteiger partial charge in [-0.25, -0.2) is 4.79 Å². The number of carbonyl (C=O) groups excluding carboxylic acids is 1. The number of aryl methyl sites for hydroxylation is 1. The number of nitrogens with zero attached hydrogens (tertiary/aromatic N) is 1. The molecule has 0 aliphatic heterocycles. The molecule has 1 atom stereocenters. The zero-order chi connectivity index (χ0) is 18.5. The van der Waals surface area contributed by atoms with Gasteiger partial charge in [-0.15, -0.1) is 0 Å². The fourth-order valence-corrected chi connectivity index (χ4v) is 2.91. The lowest BCUT2D eigenvalue weighted by molar-refractivity contribution is -0.122. The molecular formula is C20H21N3O3. The van der Waals surface area contributed by atoms with E-state index in [1.165, 1.54) is 5.56 Å². The minimum Gasteiger partial charge on any atom is -0.352 e. The quantitative estimate of drug-likeness (QED) is 0.711. The highest BCUT2D eigenvalue weighted by molar-refractivity contribution is 5.78. The van der Waals surface area contributed by atoms with E-state index in [0.29, 0.717) is 10.9 Å². The normalized spacial score (nSPS) is 12.0. The summed E-state index contributed by atoms with van der Waals surface area (Å²) in [5.74, 6) is -0.353. The van der Waals surface area contributed by atoms with E-state index >= 15 is 0 Å². The number of carbonyl (C=O) groups is 1. The average Bonchev–Trinajstić information content (AvgIpc) is 2.64. The highest BCUT2D eigenvalue weighted by atomic mass is 16.2. The summed E-state index contributed by atoms with van der Waals surface area (Å²) in [7, 11) is 0. The fraction of sp³-hybridized carbons (Fsp3) is 0.250. The van der Waals surface area contributed by atoms with E-state index in [4.69, 9.17) is 0 Å². The topological polar surface area (TPSA) is 84.0 Å². The molecule has 0 saturated carbocycles. The van der Waals surface area contributed by atoms with Gasteiger partial charge in [-0.2, -0.15) is 0 Å². The molecule has 0 aliphatic rings. The summed E-state index contributed by atoms with van der Waals surface area (Å²) < 4.78 is 0.932. The Morgan fingerprint density at radius 2 is 1.77 bits per heavy atom. The lowest BCUT2D eigenvalue weighted by atomic mass is 10.1. The Bertz CT molecular complexity index is 1020. The summed E-state index contributed by atoms with van der Waals surface area (Å²) in [6.07, 6.45) is 1.62. The van der Waals surface area contributed by atoms with Crippen LogP contribution in [-0.4, -0.2) is 21.5 Å². The highest BCUT2D eigenvalue weighted by Gasteiger charge is 2.13. The number of rotatable bonds is 6. The number of hydrogen-bond donors (Lipinski definition) is 2. The third kappa shape index (κ3) is 4.08. The van der Waals surface area contributed by atoms with Crippen molar-refractivity contribution in [1.82, 2.24) is 14.9 Å². The Morgan fingerprint density at radius 3 is 2.54 bits per heavy atom. The first-order valence-electron chi connectivity index (χ1n) is 8.60. The Kier molecular flexibility index (Phi) is 5.31. The molecule has 6 nitrogen and oxygen atoms in total. The van der Waals surface area contributed by atoms with Gasteiger partial charge in [0.15, 0.2) is 0 Å². The van der Waals surface area contributed by atoms with Gasteiger partial charge in [0.05, 0.1) is 10.9 Å². The lowest BCUT2D eigenvalue weighted by Crippen LogP contribution is -2.42. The van der Waals surface area contributed by atoms with E-state index in [-0.39, 0.29) is 18.5 Å². The molecule has 0 radical (unpaired) electrons. The van der Waals surface area contributed by atoms with Crippen LogP contribution in [0.1, 0.15) is 18.9 Å². The van der Waals surface area contributed by atoms with E-state index in [9.17, 15) is 14.4 Å². The van der Waals surface area contributed by atoms with Gasteiger partial charge in [-0.3, -0.25) is 14.2 Å². The first-order valence-corrected chi connectivity index (χ1v) is 8.60. The maximum absolute atomic E-state index is 12.4. The van der Waals surface area contributed by atoms with Gasteiger partial charge in [-0.1, -0.05) is 42.5 Å². The van der Waals surface area contributed by atoms with Crippen molar-refractivity contribution in [3.05, 3.63) is 81.0 Å². The average molecular weight is 351 g/mol. The van der Waals surface area contributed by atoms with Crippen LogP contribution in [0.5, 0.6) is 0 Å². The minimum absolute atomic E-state index is 0.0575. The SMILES string of the molecule is CC(CCc1ccccc1)NC(=O)Cn1c(=O)[nH]c2ccccc2c1=O. The van der Waals surface area contributed by atoms with Gasteiger partial charge >= 0.3 is 5.69 Å². The summed E-state index contributed by atoms with van der Waals surface area (Å²) >= 11 is 0. The molecule has 26 heavy (non-hydrogen) atoms. The number of aromatic amines is 1. The van der Waals surface area contributed by atoms with E-state index in [1.54, 1.807) is 24.3 Å². The largest absolute Gasteiger partial charge is 0.352 e. The molecule has 134 valence electrons. The van der Waals surface area contributed by atoms with Gasteiger partial charge in [0.1, 0.15) is 6.54 Å². The maximum atomic E-state index is 12.4. The molecule has 1 unspecified atom stereocenters. The summed E-state index contributed by atoms with van der Waals surface area (Å²) in [6.45, 7) is 1.61. The maximum Gasteiger partial charge on any atom is 0.329 e. The summed E-state index contributed by atoms with van der Waals surface area (Å²) in [5.41, 5.74) is 0.628. The van der Waals surface area contributed by atoms with E-state index < -0.39 is 11.2 Å². The molecule has 0 bridgehead atoms. The Labute approximate surface area is 150 Å². The molecule has 2 aromatic carbocycles. The monoisotopic (exact) mass is 351 g/mol. The Morgan fingerprint density at radius 1 is 1.08 bits per heavy atom. The summed E-state index contributed by atoms with van der Waals surface area (Å²) in [6, 6.07) is 16.7. The molecule has 1 aromatic heterocycles. The van der Waals surface area contributed by atoms with Crippen molar-refractivity contribution in [3.8, 4) is 0 Å². The molecule has 0 fully saturated rings. The highest BCUT2D eigenvalue weighted by Crippen LogP contribution is 2.05. The van der Waals surface area contributed by atoms with Crippen LogP contribution in [0.3, 0.4) is 0 Å². The first-order chi connectivity index (χ1) is 12.5. The van der Waals surface area contributed by atoms with Crippen LogP contribution < -0.4 is 16.6 Å². The predicted octanol–water partition coefficient (Wildman–Crippen LogP) is 1.83. The smallest absolute Gasteiger partial charge is 0.329 e. The summed E-state index contributed by atoms with van der Waals surface area (Å²) in [5, 5.41) is 3.24. The van der Waals surface area contributed by atoms with E-state index in [2.05, 4.69) is 10.3 Å². The van der Waals surface area contributed by atoms with Crippen LogP contribution in [0.15, 0.2) is 64.2 Å². The molecule has 6 heteroatoms. The molecule has 0 spiro atoms. The van der Waals surface area contributed by atoms with Crippen molar-refractivity contribution >= 4 is 16.8 Å². The second kappa shape index (κ2) is 7.82. The second-order valence-electron chi connectivity index (χ2n) is 6.36. The zero-order valence-electron chi connectivity index (χ0n) is 14.6. The molecule has 0 aliphatic carbocycles. The summed E-state index contributed by atoms with van der Waals surface area (Å²) in [4.78, 5) is 39.4. The third-order valence-electron chi connectivity index (χ3n) is 4.31. The van der Waals surface area contributed by atoms with Crippen LogP contribution >= 0.6 is 0 Å². The van der Waals surface area contributed by atoms with E-state index in [1.807, 2.05) is 37.3 Å². The van der Waals surface area contributed by atoms with Crippen molar-refractivity contribution in [2.75, 3.05) is 0 Å². The van der Waals surface area contributed by atoms with Crippen LogP contribution in [0.25, 0.3) is 10.9 Å². The van der Waals surface area contributed by atoms with Crippen molar-refractivity contribution in [2.45, 2.75) is 32.4 Å². The predicted molar refractivity (Wildman–Crippen MR) is 101 cm³/mol. The second-order valence-corrected chi connectivity index (χ2v) is 6.36. The fourth-order valence-electron chi connectivity index (χ4n) is 2.91. The van der Waals surface area contributed by atoms with Gasteiger partial charge in [0.25, 0.3) is 5.56 Å². The molecular weight excluding hydrogens is 330 g/mol. The number of aromatic nitrogens is 2. The number of hydrogen-bond acceptors (Lipinski definition) is 3. The molecule has 3 rings (SSSR count). The first kappa shape index (κ1) is 17.7. The van der Waals surface area contributed by atoms with Gasteiger partial charge in [0, 0.05) is 6.04 Å². The number of fused-ring (bicyclic) bond motifs is 1. The molecule has 1 amide bonds. The number of nitrogens with one attached hydrogen (secondary N) is 2. The molecule has 0 saturated heterocycles. The Hall–Kier alpha value is -3.15. The lowest BCUT2D eigenvalue weighted by Gasteiger charge is -2.14. The molecule has 2 N–H and O–H groups in total. The standard InChI is InChI=1S/C20H21N3O3/c1-14(11-12-15-7-3-2-4-8-15)21-18(24)13-23-19(25)16-9-5-6-10-17(16)22-20(23)26/h2-10,14H,11-13H2,1H3,(H,21,24)(H,22,26).